The van der Waals surface area contributed by atoms with E-state index in [9.17, 15) is 9.59 Å². The van der Waals surface area contributed by atoms with Crippen molar-refractivity contribution < 1.29 is 9.59 Å². The summed E-state index contributed by atoms with van der Waals surface area (Å²) >= 11 is 1.90. The lowest BCUT2D eigenvalue weighted by molar-refractivity contribution is -0.127. The molecule has 1 unspecified atom stereocenters. The van der Waals surface area contributed by atoms with Gasteiger partial charge in [0.2, 0.25) is 11.8 Å². The highest BCUT2D eigenvalue weighted by Crippen LogP contribution is 2.36. The second kappa shape index (κ2) is 7.14. The van der Waals surface area contributed by atoms with Crippen LogP contribution in [0, 0.1) is 5.92 Å². The number of hydrogen-bond donors (Lipinski definition) is 3. The first-order chi connectivity index (χ1) is 8.84. The van der Waals surface area contributed by atoms with Crippen molar-refractivity contribution in [1.29, 1.82) is 0 Å². The van der Waals surface area contributed by atoms with Gasteiger partial charge in [-0.15, -0.1) is 0 Å². The van der Waals surface area contributed by atoms with Crippen LogP contribution in [0.15, 0.2) is 0 Å². The Hall–Kier alpha value is -0.750. The molecule has 1 aliphatic rings. The molecule has 0 aromatic rings. The number of rotatable bonds is 6. The van der Waals surface area contributed by atoms with E-state index in [-0.39, 0.29) is 29.0 Å². The number of thioether (sulfide) groups is 1. The Morgan fingerprint density at radius 3 is 2.58 bits per heavy atom. The van der Waals surface area contributed by atoms with Crippen LogP contribution in [0.1, 0.15) is 33.6 Å². The summed E-state index contributed by atoms with van der Waals surface area (Å²) in [4.78, 5) is 23.3. The van der Waals surface area contributed by atoms with Crippen LogP contribution in [-0.4, -0.2) is 41.4 Å². The number of nitrogens with one attached hydrogen (secondary N) is 2. The fourth-order valence-electron chi connectivity index (χ4n) is 1.91. The Bertz CT molecular complexity index is 328. The summed E-state index contributed by atoms with van der Waals surface area (Å²) in [6.45, 7) is 6.58. The SMILES string of the molecule is CC(C)[C@H](N)C(=O)NCC(=O)NCC1(C)CCCS1. The zero-order valence-electron chi connectivity index (χ0n) is 12.0. The first kappa shape index (κ1) is 16.3. The minimum Gasteiger partial charge on any atom is -0.353 e. The van der Waals surface area contributed by atoms with Gasteiger partial charge in [0.05, 0.1) is 12.6 Å². The molecule has 110 valence electrons. The highest BCUT2D eigenvalue weighted by atomic mass is 32.2. The van der Waals surface area contributed by atoms with Crippen LogP contribution in [0.25, 0.3) is 0 Å². The lowest BCUT2D eigenvalue weighted by Crippen LogP contribution is -2.48. The van der Waals surface area contributed by atoms with Crippen LogP contribution >= 0.6 is 11.8 Å². The molecule has 19 heavy (non-hydrogen) atoms. The zero-order valence-corrected chi connectivity index (χ0v) is 12.8. The highest BCUT2D eigenvalue weighted by Gasteiger charge is 2.29. The van der Waals surface area contributed by atoms with Gasteiger partial charge in [-0.3, -0.25) is 9.59 Å². The predicted molar refractivity (Wildman–Crippen MR) is 78.9 cm³/mol. The normalized spacial score (nSPS) is 24.3. The van der Waals surface area contributed by atoms with Gasteiger partial charge in [-0.05, 0) is 31.4 Å². The monoisotopic (exact) mass is 287 g/mol. The van der Waals surface area contributed by atoms with Crippen LogP contribution < -0.4 is 16.4 Å². The van der Waals surface area contributed by atoms with E-state index < -0.39 is 6.04 Å². The number of nitrogens with two attached hydrogens (primary N) is 1. The second-order valence-corrected chi connectivity index (χ2v) is 7.35. The van der Waals surface area contributed by atoms with E-state index in [0.717, 1.165) is 12.2 Å². The van der Waals surface area contributed by atoms with E-state index in [1.165, 1.54) is 6.42 Å². The molecule has 0 bridgehead atoms. The Labute approximate surface area is 119 Å². The van der Waals surface area contributed by atoms with Gasteiger partial charge in [0.1, 0.15) is 0 Å². The van der Waals surface area contributed by atoms with Crippen molar-refractivity contribution in [2.75, 3.05) is 18.8 Å². The van der Waals surface area contributed by atoms with Gasteiger partial charge >= 0.3 is 0 Å². The second-order valence-electron chi connectivity index (χ2n) is 5.67. The molecule has 0 aliphatic carbocycles. The molecule has 1 rings (SSSR count). The third kappa shape index (κ3) is 5.40. The van der Waals surface area contributed by atoms with Gasteiger partial charge in [-0.2, -0.15) is 11.8 Å². The molecule has 6 heteroatoms. The number of amides is 2. The van der Waals surface area contributed by atoms with Gasteiger partial charge < -0.3 is 16.4 Å². The van der Waals surface area contributed by atoms with E-state index in [4.69, 9.17) is 5.73 Å². The quantitative estimate of drug-likeness (QED) is 0.664. The third-order valence-electron chi connectivity index (χ3n) is 3.40. The maximum absolute atomic E-state index is 11.7. The van der Waals surface area contributed by atoms with Crippen molar-refractivity contribution in [2.24, 2.45) is 11.7 Å². The van der Waals surface area contributed by atoms with Gasteiger partial charge in [0, 0.05) is 11.3 Å². The number of hydrogen-bond acceptors (Lipinski definition) is 4. The first-order valence-electron chi connectivity index (χ1n) is 6.78. The van der Waals surface area contributed by atoms with Crippen molar-refractivity contribution in [3.05, 3.63) is 0 Å². The molecule has 1 heterocycles. The average molecular weight is 287 g/mol. The summed E-state index contributed by atoms with van der Waals surface area (Å²) in [6, 6.07) is -0.560. The van der Waals surface area contributed by atoms with Crippen molar-refractivity contribution in [2.45, 2.75) is 44.4 Å². The molecule has 0 saturated carbocycles. The molecule has 0 radical (unpaired) electrons. The lowest BCUT2D eigenvalue weighted by Gasteiger charge is -2.23. The van der Waals surface area contributed by atoms with E-state index in [2.05, 4.69) is 17.6 Å². The van der Waals surface area contributed by atoms with Crippen LogP contribution in [0.4, 0.5) is 0 Å². The molecule has 2 amide bonds. The van der Waals surface area contributed by atoms with Gasteiger partial charge in [-0.25, -0.2) is 0 Å². The smallest absolute Gasteiger partial charge is 0.239 e. The van der Waals surface area contributed by atoms with Gasteiger partial charge in [0.15, 0.2) is 0 Å². The molecule has 2 atom stereocenters. The summed E-state index contributed by atoms with van der Waals surface area (Å²) in [5, 5.41) is 5.44. The molecule has 0 aromatic heterocycles. The van der Waals surface area contributed by atoms with Crippen molar-refractivity contribution in [3.63, 3.8) is 0 Å². The Morgan fingerprint density at radius 2 is 2.05 bits per heavy atom. The zero-order chi connectivity index (χ0) is 14.5. The number of carbonyl (C=O) groups is 2. The maximum atomic E-state index is 11.7. The fourth-order valence-corrected chi connectivity index (χ4v) is 3.16. The molecule has 1 saturated heterocycles. The molecule has 0 spiro atoms. The van der Waals surface area contributed by atoms with Crippen LogP contribution in [0.3, 0.4) is 0 Å². The summed E-state index contributed by atoms with van der Waals surface area (Å²) in [6.07, 6.45) is 2.33. The molecule has 1 aliphatic heterocycles. The number of carbonyl (C=O) groups excluding carboxylic acids is 2. The minimum atomic E-state index is -0.560. The maximum Gasteiger partial charge on any atom is 0.239 e. The summed E-state index contributed by atoms with van der Waals surface area (Å²) in [7, 11) is 0. The largest absolute Gasteiger partial charge is 0.353 e. The van der Waals surface area contributed by atoms with E-state index in [1.807, 2.05) is 25.6 Å². The Kier molecular flexibility index (Phi) is 6.13. The average Bonchev–Trinajstić information content (AvgIpc) is 2.80. The minimum absolute atomic E-state index is 0.000000000000000222. The molecular formula is C13H25N3O2S. The molecule has 5 nitrogen and oxygen atoms in total. The fraction of sp³-hybridized carbons (Fsp3) is 0.846. The lowest BCUT2D eigenvalue weighted by atomic mass is 10.1. The summed E-state index contributed by atoms with van der Waals surface area (Å²) in [5.41, 5.74) is 5.69. The van der Waals surface area contributed by atoms with Crippen LogP contribution in [-0.2, 0) is 9.59 Å². The van der Waals surface area contributed by atoms with Crippen molar-refractivity contribution in [1.82, 2.24) is 10.6 Å². The molecule has 4 N–H and O–H groups in total. The topological polar surface area (TPSA) is 84.2 Å². The Morgan fingerprint density at radius 1 is 1.37 bits per heavy atom. The predicted octanol–water partition coefficient (Wildman–Crippen LogP) is 0.488. The van der Waals surface area contributed by atoms with E-state index >= 15 is 0 Å². The van der Waals surface area contributed by atoms with E-state index in [1.54, 1.807) is 0 Å². The summed E-state index contributed by atoms with van der Waals surface area (Å²) in [5.74, 6) is 0.799. The van der Waals surface area contributed by atoms with E-state index in [0.29, 0.717) is 6.54 Å². The third-order valence-corrected chi connectivity index (χ3v) is 4.94. The standard InChI is InChI=1S/C13H25N3O2S/c1-9(2)11(14)12(18)15-7-10(17)16-8-13(3)5-4-6-19-13/h9,11H,4-8,14H2,1-3H3,(H,15,18)(H,16,17)/t11-,13?/m0/s1. The summed E-state index contributed by atoms with van der Waals surface area (Å²) < 4.78 is 0.147. The molecule has 0 aromatic carbocycles. The van der Waals surface area contributed by atoms with Crippen molar-refractivity contribution >= 4 is 23.6 Å². The van der Waals surface area contributed by atoms with Gasteiger partial charge in [0.25, 0.3) is 0 Å². The van der Waals surface area contributed by atoms with Gasteiger partial charge in [-0.1, -0.05) is 13.8 Å². The highest BCUT2D eigenvalue weighted by molar-refractivity contribution is 8.00. The van der Waals surface area contributed by atoms with Crippen LogP contribution in [0.2, 0.25) is 0 Å². The first-order valence-corrected chi connectivity index (χ1v) is 7.76. The van der Waals surface area contributed by atoms with Crippen molar-refractivity contribution in [3.8, 4) is 0 Å². The van der Waals surface area contributed by atoms with Crippen LogP contribution in [0.5, 0.6) is 0 Å². The molecular weight excluding hydrogens is 262 g/mol. The molecule has 1 fully saturated rings. The Balaban J connectivity index is 2.23.